The molecule has 0 N–H and O–H groups in total. The van der Waals surface area contributed by atoms with Crippen molar-refractivity contribution >= 4 is 11.4 Å². The fourth-order valence-corrected chi connectivity index (χ4v) is 17.6. The van der Waals surface area contributed by atoms with E-state index in [0.29, 0.717) is 23.0 Å². The Bertz CT molecular complexity index is 6390. The van der Waals surface area contributed by atoms with Crippen LogP contribution in [0.4, 0.5) is 11.4 Å². The molecule has 108 heavy (non-hydrogen) atoms. The van der Waals surface area contributed by atoms with Crippen LogP contribution < -0.4 is 0 Å². The van der Waals surface area contributed by atoms with Gasteiger partial charge in [-0.15, -0.1) is 0 Å². The molecule has 0 radical (unpaired) electrons. The molecule has 2 spiro atoms. The minimum absolute atomic E-state index is 0.471. The van der Waals surface area contributed by atoms with E-state index in [1.54, 1.807) is 0 Å². The number of rotatable bonds is 9. The number of nitrogens with zero attached hydrogens (tertiary/aromatic N) is 6. The molecule has 6 nitrogen and oxygen atoms in total. The SMILES string of the molecule is [C-]#[N+]c1cccc2c1-c1cc(-c3ccc(-c4cc(-c5ccc(-c6ccccc6)cc5)nc(-c5ccccc5)n4)cc3)ccc1C21c2ccccc2-c2ccccc21.[C-]#[N+]c1cccc2c1-c1cc(-c3ccc(-c4cc(-c5ccccc5)nc(-c5ccccc5)n4)cc3)ccc1C21c2ccccc2-c2ccccc21. The lowest BCUT2D eigenvalue weighted by atomic mass is 9.70. The summed E-state index contributed by atoms with van der Waals surface area (Å²) in [7, 11) is 0. The highest BCUT2D eigenvalue weighted by atomic mass is 14.9. The van der Waals surface area contributed by atoms with E-state index in [2.05, 4.69) is 301 Å². The Morgan fingerprint density at radius 1 is 0.185 bits per heavy atom. The van der Waals surface area contributed by atoms with Crippen molar-refractivity contribution in [2.45, 2.75) is 10.8 Å². The van der Waals surface area contributed by atoms with E-state index in [0.717, 1.165) is 101 Å². The van der Waals surface area contributed by atoms with Crippen LogP contribution in [-0.2, 0) is 10.8 Å². The van der Waals surface area contributed by atoms with Gasteiger partial charge in [-0.3, -0.25) is 0 Å². The van der Waals surface area contributed by atoms with Gasteiger partial charge in [-0.25, -0.2) is 29.6 Å². The standard InChI is InChI=1S/C54H33N3.C48H29N3/c1-55-49-22-12-21-48-52(49)44-33-41(31-32-47(44)54(48)45-19-10-8-17-42(45)43-18-9-11-20-46(43)54)37-25-29-39(30-26-37)51-34-50(56-53(57-51)40-15-6-3-7-16-40)38-27-23-36(24-28-38)35-13-4-2-5-14-35;1-49-43-22-12-21-42-46(43)38-29-35(27-28-41(38)48(42)39-19-10-8-17-36(39)37-18-9-11-20-40(37)48)31-23-25-33(26-24-31)45-30-44(32-13-4-2-5-14-32)50-47(51-45)34-15-6-3-7-16-34/h2-34H;2-30H. The van der Waals surface area contributed by atoms with Crippen LogP contribution in [0.15, 0.2) is 376 Å². The second kappa shape index (κ2) is 25.7. The number of aromatic nitrogens is 4. The van der Waals surface area contributed by atoms with Crippen LogP contribution in [0.2, 0.25) is 0 Å². The third-order valence-electron chi connectivity index (χ3n) is 22.3. The van der Waals surface area contributed by atoms with Crippen LogP contribution in [-0.4, -0.2) is 19.9 Å². The zero-order valence-electron chi connectivity index (χ0n) is 58.5. The van der Waals surface area contributed by atoms with Crippen molar-refractivity contribution in [3.05, 3.63) is 443 Å². The molecule has 0 fully saturated rings. The van der Waals surface area contributed by atoms with Gasteiger partial charge in [-0.05, 0) is 147 Å². The summed E-state index contributed by atoms with van der Waals surface area (Å²) < 4.78 is 0. The lowest BCUT2D eigenvalue weighted by Crippen LogP contribution is -2.25. The molecular formula is C102H62N6. The molecule has 0 atom stereocenters. The molecule has 0 saturated carbocycles. The van der Waals surface area contributed by atoms with Gasteiger partial charge in [0.05, 0.1) is 46.7 Å². The van der Waals surface area contributed by atoms with Crippen LogP contribution in [0, 0.1) is 13.1 Å². The number of hydrogen-bond donors (Lipinski definition) is 0. The highest BCUT2D eigenvalue weighted by Crippen LogP contribution is 2.66. The minimum atomic E-state index is -0.482. The van der Waals surface area contributed by atoms with Crippen molar-refractivity contribution in [3.63, 3.8) is 0 Å². The average Bonchev–Trinajstić information content (AvgIpc) is 1.51. The summed E-state index contributed by atoms with van der Waals surface area (Å²) in [5.74, 6) is 1.39. The van der Waals surface area contributed by atoms with Gasteiger partial charge in [0.25, 0.3) is 0 Å². The highest BCUT2D eigenvalue weighted by molar-refractivity contribution is 6.02. The predicted octanol–water partition coefficient (Wildman–Crippen LogP) is 25.7. The van der Waals surface area contributed by atoms with Crippen LogP contribution >= 0.6 is 0 Å². The number of fused-ring (bicyclic) bond motifs is 20. The molecule has 0 bridgehead atoms. The summed E-state index contributed by atoms with van der Waals surface area (Å²) in [5, 5.41) is 0. The molecule has 17 aromatic rings. The first kappa shape index (κ1) is 63.2. The molecule has 0 amide bonds. The minimum Gasteiger partial charge on any atom is -0.238 e. The Hall–Kier alpha value is -14.6. The molecule has 4 aliphatic carbocycles. The fraction of sp³-hybridized carbons (Fsp3) is 0.0196. The molecule has 15 aromatic carbocycles. The van der Waals surface area contributed by atoms with Gasteiger partial charge >= 0.3 is 0 Å². The van der Waals surface area contributed by atoms with Crippen molar-refractivity contribution in [1.29, 1.82) is 0 Å². The first-order valence-corrected chi connectivity index (χ1v) is 36.5. The van der Waals surface area contributed by atoms with E-state index in [1.165, 1.54) is 77.9 Å². The van der Waals surface area contributed by atoms with E-state index < -0.39 is 10.8 Å². The van der Waals surface area contributed by atoms with E-state index in [9.17, 15) is 0 Å². The largest absolute Gasteiger partial charge is 0.238 e. The van der Waals surface area contributed by atoms with Gasteiger partial charge in [0, 0.05) is 33.4 Å². The highest BCUT2D eigenvalue weighted by Gasteiger charge is 2.53. The number of hydrogen-bond acceptors (Lipinski definition) is 4. The second-order valence-corrected chi connectivity index (χ2v) is 27.9. The van der Waals surface area contributed by atoms with E-state index in [-0.39, 0.29) is 0 Å². The molecular weight excluding hydrogens is 1310 g/mol. The van der Waals surface area contributed by atoms with Crippen LogP contribution in [0.3, 0.4) is 0 Å². The maximum Gasteiger partial charge on any atom is 0.195 e. The summed E-state index contributed by atoms with van der Waals surface area (Å²) in [6.45, 7) is 16.4. The summed E-state index contributed by atoms with van der Waals surface area (Å²) >= 11 is 0. The van der Waals surface area contributed by atoms with Crippen LogP contribution in [0.5, 0.6) is 0 Å². The van der Waals surface area contributed by atoms with Gasteiger partial charge < -0.3 is 0 Å². The molecule has 0 unspecified atom stereocenters. The molecule has 21 rings (SSSR count). The lowest BCUT2D eigenvalue weighted by Gasteiger charge is -2.30. The van der Waals surface area contributed by atoms with Crippen LogP contribution in [0.1, 0.15) is 44.5 Å². The van der Waals surface area contributed by atoms with Crippen molar-refractivity contribution in [2.24, 2.45) is 0 Å². The zero-order valence-corrected chi connectivity index (χ0v) is 58.5. The van der Waals surface area contributed by atoms with Crippen molar-refractivity contribution in [3.8, 4) is 146 Å². The molecule has 2 aromatic heterocycles. The smallest absolute Gasteiger partial charge is 0.195 e. The van der Waals surface area contributed by atoms with Gasteiger partial charge in [-0.1, -0.05) is 352 Å². The molecule has 6 heteroatoms. The summed E-state index contributed by atoms with van der Waals surface area (Å²) in [6.07, 6.45) is 0. The number of benzene rings is 15. The first-order chi connectivity index (χ1) is 53.4. The summed E-state index contributed by atoms with van der Waals surface area (Å²) in [4.78, 5) is 28.3. The molecule has 0 saturated heterocycles. The van der Waals surface area contributed by atoms with Crippen molar-refractivity contribution in [1.82, 2.24) is 19.9 Å². The van der Waals surface area contributed by atoms with Gasteiger partial charge in [0.2, 0.25) is 0 Å². The molecule has 2 heterocycles. The lowest BCUT2D eigenvalue weighted by molar-refractivity contribution is 0.794. The van der Waals surface area contributed by atoms with Gasteiger partial charge in [0.15, 0.2) is 23.0 Å². The normalized spacial score (nSPS) is 12.8. The quantitative estimate of drug-likeness (QED) is 0.135. The summed E-state index contributed by atoms with van der Waals surface area (Å²) in [6, 6.07) is 132. The Morgan fingerprint density at radius 2 is 0.426 bits per heavy atom. The van der Waals surface area contributed by atoms with Crippen molar-refractivity contribution < 1.29 is 0 Å². The topological polar surface area (TPSA) is 60.3 Å². The van der Waals surface area contributed by atoms with E-state index >= 15 is 0 Å². The van der Waals surface area contributed by atoms with E-state index in [1.807, 2.05) is 84.9 Å². The Balaban J connectivity index is 0.000000143. The zero-order chi connectivity index (χ0) is 71.9. The summed E-state index contributed by atoms with van der Waals surface area (Å²) in [5.41, 5.74) is 36.1. The third-order valence-corrected chi connectivity index (χ3v) is 22.3. The maximum absolute atomic E-state index is 8.23. The monoisotopic (exact) mass is 1370 g/mol. The Labute approximate surface area is 627 Å². The third kappa shape index (κ3) is 10.0. The van der Waals surface area contributed by atoms with Gasteiger partial charge in [0.1, 0.15) is 0 Å². The molecule has 4 aliphatic rings. The van der Waals surface area contributed by atoms with Crippen LogP contribution in [0.25, 0.3) is 155 Å². The maximum atomic E-state index is 8.23. The Morgan fingerprint density at radius 3 is 0.759 bits per heavy atom. The Kier molecular flexibility index (Phi) is 15.0. The van der Waals surface area contributed by atoms with Gasteiger partial charge in [-0.2, -0.15) is 0 Å². The first-order valence-electron chi connectivity index (χ1n) is 36.5. The second-order valence-electron chi connectivity index (χ2n) is 27.9. The molecule has 500 valence electrons. The predicted molar refractivity (Wildman–Crippen MR) is 438 cm³/mol. The fourth-order valence-electron chi connectivity index (χ4n) is 17.6. The van der Waals surface area contributed by atoms with E-state index in [4.69, 9.17) is 33.1 Å². The van der Waals surface area contributed by atoms with Crippen molar-refractivity contribution in [2.75, 3.05) is 0 Å². The average molecular weight is 1370 g/mol. The molecule has 0 aliphatic heterocycles.